The molecule has 0 radical (unpaired) electrons. The molecule has 2 aromatic rings. The maximum Gasteiger partial charge on any atom is 0.238 e. The molecule has 0 saturated heterocycles. The van der Waals surface area contributed by atoms with Gasteiger partial charge in [-0.15, -0.1) is 10.2 Å². The fraction of sp³-hybridized carbons (Fsp3) is 0.214. The summed E-state index contributed by atoms with van der Waals surface area (Å²) in [5.74, 6) is 1.16. The molecule has 1 aromatic carbocycles. The summed E-state index contributed by atoms with van der Waals surface area (Å²) in [7, 11) is 0. The zero-order chi connectivity index (χ0) is 13.1. The number of aryl methyl sites for hydroxylation is 2. The van der Waals surface area contributed by atoms with E-state index in [1.807, 2.05) is 32.9 Å². The van der Waals surface area contributed by atoms with Gasteiger partial charge >= 0.3 is 0 Å². The third kappa shape index (κ3) is 2.46. The quantitative estimate of drug-likeness (QED) is 0.808. The van der Waals surface area contributed by atoms with Crippen LogP contribution in [0, 0.1) is 32.1 Å². The lowest BCUT2D eigenvalue weighted by molar-refractivity contribution is 0.451. The summed E-state index contributed by atoms with van der Waals surface area (Å²) in [6.45, 7) is 6.06. The Bertz CT molecular complexity index is 612. The summed E-state index contributed by atoms with van der Waals surface area (Å²) >= 11 is 0. The van der Waals surface area contributed by atoms with E-state index in [-0.39, 0.29) is 5.69 Å². The van der Waals surface area contributed by atoms with Gasteiger partial charge in [0.05, 0.1) is 0 Å². The highest BCUT2D eigenvalue weighted by atomic mass is 16.5. The van der Waals surface area contributed by atoms with Gasteiger partial charge in [-0.2, -0.15) is 5.26 Å². The largest absolute Gasteiger partial charge is 0.437 e. The average Bonchev–Trinajstić information content (AvgIpc) is 2.36. The van der Waals surface area contributed by atoms with E-state index in [1.165, 1.54) is 5.56 Å². The second kappa shape index (κ2) is 4.84. The molecule has 0 amide bonds. The monoisotopic (exact) mass is 239 g/mol. The van der Waals surface area contributed by atoms with Gasteiger partial charge in [0.2, 0.25) is 5.88 Å². The van der Waals surface area contributed by atoms with Crippen LogP contribution in [0.1, 0.15) is 22.4 Å². The molecule has 1 aromatic heterocycles. The summed E-state index contributed by atoms with van der Waals surface area (Å²) in [6.07, 6.45) is 0. The first-order valence-corrected chi connectivity index (χ1v) is 5.59. The van der Waals surface area contributed by atoms with Crippen molar-refractivity contribution in [2.75, 3.05) is 0 Å². The SMILES string of the molecule is Cc1cc(C)c(C)c(Oc2ccc(C#N)nn2)c1. The van der Waals surface area contributed by atoms with E-state index in [2.05, 4.69) is 16.3 Å². The molecule has 90 valence electrons. The first kappa shape index (κ1) is 12.1. The first-order valence-electron chi connectivity index (χ1n) is 5.59. The molecular weight excluding hydrogens is 226 g/mol. The highest BCUT2D eigenvalue weighted by molar-refractivity contribution is 5.43. The van der Waals surface area contributed by atoms with E-state index in [0.717, 1.165) is 16.9 Å². The van der Waals surface area contributed by atoms with Crippen molar-refractivity contribution in [1.29, 1.82) is 5.26 Å². The highest BCUT2D eigenvalue weighted by Gasteiger charge is 2.06. The summed E-state index contributed by atoms with van der Waals surface area (Å²) in [4.78, 5) is 0. The molecular formula is C14H13N3O. The van der Waals surface area contributed by atoms with Crippen LogP contribution in [0.25, 0.3) is 0 Å². The molecule has 0 N–H and O–H groups in total. The molecule has 0 unspecified atom stereocenters. The van der Waals surface area contributed by atoms with Gasteiger partial charge in [-0.3, -0.25) is 0 Å². The predicted octanol–water partition coefficient (Wildman–Crippen LogP) is 3.07. The number of hydrogen-bond donors (Lipinski definition) is 0. The van der Waals surface area contributed by atoms with E-state index < -0.39 is 0 Å². The Hall–Kier alpha value is -2.41. The van der Waals surface area contributed by atoms with Gasteiger partial charge in [-0.25, -0.2) is 0 Å². The van der Waals surface area contributed by atoms with Crippen LogP contribution in [-0.2, 0) is 0 Å². The lowest BCUT2D eigenvalue weighted by Crippen LogP contribution is -1.95. The smallest absolute Gasteiger partial charge is 0.238 e. The maximum absolute atomic E-state index is 8.64. The average molecular weight is 239 g/mol. The molecule has 0 aliphatic heterocycles. The van der Waals surface area contributed by atoms with Gasteiger partial charge in [-0.1, -0.05) is 6.07 Å². The molecule has 18 heavy (non-hydrogen) atoms. The fourth-order valence-corrected chi connectivity index (χ4v) is 1.65. The topological polar surface area (TPSA) is 58.8 Å². The Kier molecular flexibility index (Phi) is 3.24. The molecule has 0 spiro atoms. The molecule has 0 fully saturated rings. The molecule has 4 heteroatoms. The van der Waals surface area contributed by atoms with Gasteiger partial charge in [0.25, 0.3) is 0 Å². The normalized spacial score (nSPS) is 9.89. The summed E-state index contributed by atoms with van der Waals surface area (Å²) in [6, 6.07) is 9.21. The van der Waals surface area contributed by atoms with E-state index in [4.69, 9.17) is 10.00 Å². The summed E-state index contributed by atoms with van der Waals surface area (Å²) in [5.41, 5.74) is 3.66. The maximum atomic E-state index is 8.64. The zero-order valence-corrected chi connectivity index (χ0v) is 10.6. The molecule has 4 nitrogen and oxygen atoms in total. The van der Waals surface area contributed by atoms with Gasteiger partial charge in [0.1, 0.15) is 11.8 Å². The number of nitriles is 1. The van der Waals surface area contributed by atoms with Gasteiger partial charge in [0.15, 0.2) is 5.69 Å². The van der Waals surface area contributed by atoms with Crippen LogP contribution < -0.4 is 4.74 Å². The van der Waals surface area contributed by atoms with E-state index in [0.29, 0.717) is 5.88 Å². The predicted molar refractivity (Wildman–Crippen MR) is 67.5 cm³/mol. The third-order valence-electron chi connectivity index (χ3n) is 2.73. The van der Waals surface area contributed by atoms with Crippen LogP contribution in [0.5, 0.6) is 11.6 Å². The highest BCUT2D eigenvalue weighted by Crippen LogP contribution is 2.27. The lowest BCUT2D eigenvalue weighted by Gasteiger charge is -2.10. The zero-order valence-electron chi connectivity index (χ0n) is 10.6. The van der Waals surface area contributed by atoms with Gasteiger partial charge in [0, 0.05) is 6.07 Å². The number of rotatable bonds is 2. The van der Waals surface area contributed by atoms with Crippen molar-refractivity contribution in [3.8, 4) is 17.7 Å². The Balaban J connectivity index is 2.31. The lowest BCUT2D eigenvalue weighted by atomic mass is 10.1. The van der Waals surface area contributed by atoms with Crippen molar-refractivity contribution in [2.24, 2.45) is 0 Å². The number of aromatic nitrogens is 2. The van der Waals surface area contributed by atoms with Crippen molar-refractivity contribution in [3.05, 3.63) is 46.6 Å². The molecule has 0 bridgehead atoms. The number of nitrogens with zero attached hydrogens (tertiary/aromatic N) is 3. The molecule has 2 rings (SSSR count). The first-order chi connectivity index (χ1) is 8.60. The van der Waals surface area contributed by atoms with Crippen molar-refractivity contribution in [1.82, 2.24) is 10.2 Å². The van der Waals surface area contributed by atoms with Crippen LogP contribution in [0.3, 0.4) is 0 Å². The standard InChI is InChI=1S/C14H13N3O/c1-9-6-10(2)11(3)13(7-9)18-14-5-4-12(8-15)16-17-14/h4-7H,1-3H3. The minimum absolute atomic E-state index is 0.277. The van der Waals surface area contributed by atoms with Gasteiger partial charge < -0.3 is 4.74 Å². The van der Waals surface area contributed by atoms with E-state index in [9.17, 15) is 0 Å². The Morgan fingerprint density at radius 3 is 2.50 bits per heavy atom. The van der Waals surface area contributed by atoms with Crippen molar-refractivity contribution in [3.63, 3.8) is 0 Å². The number of benzene rings is 1. The molecule has 0 atom stereocenters. The Labute approximate surface area is 106 Å². The molecule has 0 saturated carbocycles. The van der Waals surface area contributed by atoms with E-state index >= 15 is 0 Å². The second-order valence-corrected chi connectivity index (χ2v) is 4.18. The van der Waals surface area contributed by atoms with E-state index in [1.54, 1.807) is 12.1 Å². The van der Waals surface area contributed by atoms with Crippen LogP contribution in [0.15, 0.2) is 24.3 Å². The summed E-state index contributed by atoms with van der Waals surface area (Å²) < 4.78 is 5.69. The van der Waals surface area contributed by atoms with Crippen LogP contribution in [-0.4, -0.2) is 10.2 Å². The fourth-order valence-electron chi connectivity index (χ4n) is 1.65. The number of hydrogen-bond acceptors (Lipinski definition) is 4. The third-order valence-corrected chi connectivity index (χ3v) is 2.73. The number of ether oxygens (including phenoxy) is 1. The van der Waals surface area contributed by atoms with Crippen molar-refractivity contribution in [2.45, 2.75) is 20.8 Å². The Morgan fingerprint density at radius 2 is 1.89 bits per heavy atom. The molecule has 0 aliphatic rings. The van der Waals surface area contributed by atoms with Crippen molar-refractivity contribution >= 4 is 0 Å². The van der Waals surface area contributed by atoms with Gasteiger partial charge in [-0.05, 0) is 49.6 Å². The summed E-state index contributed by atoms with van der Waals surface area (Å²) in [5, 5.41) is 16.2. The Morgan fingerprint density at radius 1 is 1.11 bits per heavy atom. The molecule has 1 heterocycles. The minimum Gasteiger partial charge on any atom is -0.437 e. The van der Waals surface area contributed by atoms with Crippen molar-refractivity contribution < 1.29 is 4.74 Å². The minimum atomic E-state index is 0.277. The van der Waals surface area contributed by atoms with Crippen LogP contribution >= 0.6 is 0 Å². The van der Waals surface area contributed by atoms with Crippen LogP contribution in [0.2, 0.25) is 0 Å². The second-order valence-electron chi connectivity index (χ2n) is 4.18. The van der Waals surface area contributed by atoms with Crippen LogP contribution in [0.4, 0.5) is 0 Å². The molecule has 0 aliphatic carbocycles.